The zero-order valence-electron chi connectivity index (χ0n) is 13.5. The van der Waals surface area contributed by atoms with Crippen LogP contribution in [0.3, 0.4) is 0 Å². The number of hydrogen-bond acceptors (Lipinski definition) is 5. The molecule has 0 aromatic heterocycles. The minimum absolute atomic E-state index is 0.0855. The van der Waals surface area contributed by atoms with Crippen molar-refractivity contribution in [1.29, 1.82) is 0 Å². The van der Waals surface area contributed by atoms with Gasteiger partial charge in [-0.2, -0.15) is 0 Å². The van der Waals surface area contributed by atoms with Crippen LogP contribution in [-0.4, -0.2) is 24.2 Å². The number of carbonyl (C=O) groups excluding carboxylic acids is 1. The molecule has 1 heterocycles. The lowest BCUT2D eigenvalue weighted by Crippen LogP contribution is -2.31. The molecular formula is C17H17N3O5. The van der Waals surface area contributed by atoms with Gasteiger partial charge in [-0.15, -0.1) is 0 Å². The van der Waals surface area contributed by atoms with Crippen molar-refractivity contribution in [2.75, 3.05) is 18.5 Å². The number of ether oxygens (including phenoxy) is 2. The van der Waals surface area contributed by atoms with Crippen molar-refractivity contribution in [3.05, 3.63) is 58.1 Å². The normalized spacial score (nSPS) is 13.6. The summed E-state index contributed by atoms with van der Waals surface area (Å²) in [5.74, 6) is 1.33. The second-order valence-corrected chi connectivity index (χ2v) is 5.53. The number of amides is 2. The number of anilines is 1. The lowest BCUT2D eigenvalue weighted by molar-refractivity contribution is -0.384. The summed E-state index contributed by atoms with van der Waals surface area (Å²) in [6.07, 6.45) is 0. The van der Waals surface area contributed by atoms with Gasteiger partial charge in [-0.1, -0.05) is 12.1 Å². The molecule has 1 aliphatic rings. The van der Waals surface area contributed by atoms with Gasteiger partial charge in [0.2, 0.25) is 0 Å². The Kier molecular flexibility index (Phi) is 4.69. The van der Waals surface area contributed by atoms with Gasteiger partial charge < -0.3 is 20.1 Å². The topological polar surface area (TPSA) is 103 Å². The number of carbonyl (C=O) groups is 1. The molecule has 0 radical (unpaired) electrons. The molecule has 0 spiro atoms. The highest BCUT2D eigenvalue weighted by Crippen LogP contribution is 2.32. The third-order valence-corrected chi connectivity index (χ3v) is 3.73. The molecule has 0 bridgehead atoms. The van der Waals surface area contributed by atoms with Crippen LogP contribution in [0.4, 0.5) is 16.2 Å². The zero-order chi connectivity index (χ0) is 17.8. The summed E-state index contributed by atoms with van der Waals surface area (Å²) in [7, 11) is 0. The monoisotopic (exact) mass is 343 g/mol. The van der Waals surface area contributed by atoms with Gasteiger partial charge >= 0.3 is 6.03 Å². The van der Waals surface area contributed by atoms with E-state index in [2.05, 4.69) is 10.6 Å². The van der Waals surface area contributed by atoms with Crippen molar-refractivity contribution < 1.29 is 19.2 Å². The number of nitrogens with zero attached hydrogens (tertiary/aromatic N) is 1. The maximum absolute atomic E-state index is 12.1. The average molecular weight is 343 g/mol. The molecule has 2 N–H and O–H groups in total. The van der Waals surface area contributed by atoms with E-state index >= 15 is 0 Å². The Morgan fingerprint density at radius 2 is 1.92 bits per heavy atom. The number of rotatable bonds is 4. The van der Waals surface area contributed by atoms with Crippen LogP contribution in [0.15, 0.2) is 42.5 Å². The van der Waals surface area contributed by atoms with Gasteiger partial charge in [-0.25, -0.2) is 4.79 Å². The van der Waals surface area contributed by atoms with Crippen LogP contribution in [0, 0.1) is 10.1 Å². The number of fused-ring (bicyclic) bond motifs is 1. The Bertz CT molecular complexity index is 809. The van der Waals surface area contributed by atoms with E-state index in [0.29, 0.717) is 30.4 Å². The summed E-state index contributed by atoms with van der Waals surface area (Å²) in [6, 6.07) is 10.5. The van der Waals surface area contributed by atoms with Crippen molar-refractivity contribution in [2.24, 2.45) is 0 Å². The van der Waals surface area contributed by atoms with E-state index in [-0.39, 0.29) is 11.7 Å². The van der Waals surface area contributed by atoms with Crippen LogP contribution in [0.5, 0.6) is 11.5 Å². The van der Waals surface area contributed by atoms with Gasteiger partial charge in [-0.3, -0.25) is 10.1 Å². The van der Waals surface area contributed by atoms with E-state index in [9.17, 15) is 14.9 Å². The third-order valence-electron chi connectivity index (χ3n) is 3.73. The van der Waals surface area contributed by atoms with Crippen LogP contribution < -0.4 is 20.1 Å². The molecule has 25 heavy (non-hydrogen) atoms. The van der Waals surface area contributed by atoms with Gasteiger partial charge in [0, 0.05) is 17.8 Å². The van der Waals surface area contributed by atoms with E-state index in [1.165, 1.54) is 18.2 Å². The summed E-state index contributed by atoms with van der Waals surface area (Å²) in [6.45, 7) is 2.84. The van der Waals surface area contributed by atoms with Crippen molar-refractivity contribution in [2.45, 2.75) is 13.0 Å². The molecule has 0 unspecified atom stereocenters. The van der Waals surface area contributed by atoms with Crippen LogP contribution >= 0.6 is 0 Å². The summed E-state index contributed by atoms with van der Waals surface area (Å²) >= 11 is 0. The lowest BCUT2D eigenvalue weighted by Gasteiger charge is -2.21. The van der Waals surface area contributed by atoms with Crippen LogP contribution in [0.25, 0.3) is 0 Å². The van der Waals surface area contributed by atoms with E-state index in [1.807, 2.05) is 19.1 Å². The fourth-order valence-electron chi connectivity index (χ4n) is 2.47. The average Bonchev–Trinajstić information content (AvgIpc) is 2.61. The molecule has 8 nitrogen and oxygen atoms in total. The number of non-ortho nitro benzene ring substituents is 1. The predicted octanol–water partition coefficient (Wildman–Crippen LogP) is 3.25. The summed E-state index contributed by atoms with van der Waals surface area (Å²) < 4.78 is 11.0. The van der Waals surface area contributed by atoms with Gasteiger partial charge in [0.15, 0.2) is 11.5 Å². The highest BCUT2D eigenvalue weighted by atomic mass is 16.6. The first kappa shape index (κ1) is 16.6. The van der Waals surface area contributed by atoms with E-state index in [0.717, 1.165) is 5.56 Å². The first-order valence-corrected chi connectivity index (χ1v) is 7.74. The molecular weight excluding hydrogens is 326 g/mol. The number of nitrogens with one attached hydrogen (secondary N) is 2. The summed E-state index contributed by atoms with van der Waals surface area (Å²) in [5, 5.41) is 16.1. The number of nitro groups is 1. The highest BCUT2D eigenvalue weighted by molar-refractivity contribution is 5.89. The molecule has 2 aromatic carbocycles. The largest absolute Gasteiger partial charge is 0.486 e. The van der Waals surface area contributed by atoms with Crippen molar-refractivity contribution in [3.8, 4) is 11.5 Å². The maximum atomic E-state index is 12.1. The minimum Gasteiger partial charge on any atom is -0.486 e. The quantitative estimate of drug-likeness (QED) is 0.655. The van der Waals surface area contributed by atoms with Gasteiger partial charge in [0.1, 0.15) is 13.2 Å². The zero-order valence-corrected chi connectivity index (χ0v) is 13.5. The molecule has 0 fully saturated rings. The Balaban J connectivity index is 1.64. The van der Waals surface area contributed by atoms with E-state index < -0.39 is 11.0 Å². The van der Waals surface area contributed by atoms with Gasteiger partial charge in [0.05, 0.1) is 11.0 Å². The second-order valence-electron chi connectivity index (χ2n) is 5.53. The Hall–Kier alpha value is -3.29. The number of hydrogen-bond donors (Lipinski definition) is 2. The Morgan fingerprint density at radius 3 is 2.68 bits per heavy atom. The predicted molar refractivity (Wildman–Crippen MR) is 91.1 cm³/mol. The summed E-state index contributed by atoms with van der Waals surface area (Å²) in [5.41, 5.74) is 1.12. The van der Waals surface area contributed by atoms with Crippen LogP contribution in [0.1, 0.15) is 18.5 Å². The number of benzene rings is 2. The molecule has 2 amide bonds. The van der Waals surface area contributed by atoms with Crippen LogP contribution in [0.2, 0.25) is 0 Å². The third kappa shape index (κ3) is 3.97. The van der Waals surface area contributed by atoms with Gasteiger partial charge in [-0.05, 0) is 30.7 Å². The molecule has 8 heteroatoms. The van der Waals surface area contributed by atoms with Gasteiger partial charge in [0.25, 0.3) is 5.69 Å². The Morgan fingerprint density at radius 1 is 1.16 bits per heavy atom. The fraction of sp³-hybridized carbons (Fsp3) is 0.235. The lowest BCUT2D eigenvalue weighted by atomic mass is 10.1. The molecule has 3 rings (SSSR count). The summed E-state index contributed by atoms with van der Waals surface area (Å²) in [4.78, 5) is 22.4. The van der Waals surface area contributed by atoms with E-state index in [1.54, 1.807) is 12.1 Å². The minimum atomic E-state index is -0.513. The first-order valence-electron chi connectivity index (χ1n) is 7.74. The molecule has 1 aliphatic heterocycles. The van der Waals surface area contributed by atoms with Crippen molar-refractivity contribution in [1.82, 2.24) is 5.32 Å². The molecule has 2 aromatic rings. The van der Waals surface area contributed by atoms with E-state index in [4.69, 9.17) is 9.47 Å². The Labute approximate surface area is 143 Å². The second kappa shape index (κ2) is 7.08. The smallest absolute Gasteiger partial charge is 0.319 e. The molecule has 130 valence electrons. The SMILES string of the molecule is C[C@H](NC(=O)Nc1cccc([N+](=O)[O-])c1)c1ccc2c(c1)OCCO2. The molecule has 0 saturated carbocycles. The standard InChI is InChI=1S/C17H17N3O5/c1-11(12-5-6-15-16(9-12)25-8-7-24-15)18-17(21)19-13-3-2-4-14(10-13)20(22)23/h2-6,9-11H,7-8H2,1H3,(H2,18,19,21)/t11-/m0/s1. The molecule has 0 aliphatic carbocycles. The fourth-order valence-corrected chi connectivity index (χ4v) is 2.47. The first-order chi connectivity index (χ1) is 12.0. The molecule has 0 saturated heterocycles. The number of urea groups is 1. The maximum Gasteiger partial charge on any atom is 0.319 e. The number of nitro benzene ring substituents is 1. The van der Waals surface area contributed by atoms with Crippen molar-refractivity contribution in [3.63, 3.8) is 0 Å². The van der Waals surface area contributed by atoms with Crippen LogP contribution in [-0.2, 0) is 0 Å². The molecule has 1 atom stereocenters. The van der Waals surface area contributed by atoms with Crippen molar-refractivity contribution >= 4 is 17.4 Å². The highest BCUT2D eigenvalue weighted by Gasteiger charge is 2.16.